The van der Waals surface area contributed by atoms with Crippen molar-refractivity contribution in [3.63, 3.8) is 0 Å². The average molecular weight is 223 g/mol. The van der Waals surface area contributed by atoms with Crippen LogP contribution in [0.1, 0.15) is 0 Å². The van der Waals surface area contributed by atoms with Crippen LogP contribution in [-0.4, -0.2) is 17.3 Å². The molecule has 0 spiro atoms. The van der Waals surface area contributed by atoms with Crippen LogP contribution in [0.15, 0.2) is 22.6 Å². The lowest BCUT2D eigenvalue weighted by molar-refractivity contribution is 0.417. The molecular weight excluding hydrogens is 214 g/mol. The highest BCUT2D eigenvalue weighted by molar-refractivity contribution is 7.71. The molecule has 5 nitrogen and oxygen atoms in total. The first-order chi connectivity index (χ1) is 7.20. The average Bonchev–Trinajstić information content (AvgIpc) is 2.65. The minimum atomic E-state index is 0.236. The van der Waals surface area contributed by atoms with Crippen LogP contribution in [0.5, 0.6) is 5.75 Å². The largest absolute Gasteiger partial charge is 0.495 e. The Labute approximate surface area is 90.9 Å². The van der Waals surface area contributed by atoms with Crippen LogP contribution in [0.25, 0.3) is 11.5 Å². The predicted molar refractivity (Wildman–Crippen MR) is 58.1 cm³/mol. The van der Waals surface area contributed by atoms with E-state index in [0.717, 1.165) is 5.56 Å². The van der Waals surface area contributed by atoms with E-state index in [1.54, 1.807) is 25.3 Å². The van der Waals surface area contributed by atoms with E-state index in [1.165, 1.54) is 0 Å². The molecule has 0 aliphatic heterocycles. The Bertz CT molecular complexity index is 532. The first-order valence-corrected chi connectivity index (χ1v) is 4.61. The van der Waals surface area contributed by atoms with Crippen molar-refractivity contribution in [2.75, 3.05) is 12.8 Å². The van der Waals surface area contributed by atoms with Gasteiger partial charge in [-0.2, -0.15) is 0 Å². The smallest absolute Gasteiger partial charge is 0.284 e. The normalized spacial score (nSPS) is 10.2. The van der Waals surface area contributed by atoms with Gasteiger partial charge >= 0.3 is 0 Å². The van der Waals surface area contributed by atoms with Gasteiger partial charge in [-0.25, -0.2) is 5.10 Å². The molecule has 0 fully saturated rings. The van der Waals surface area contributed by atoms with Crippen LogP contribution in [0.3, 0.4) is 0 Å². The van der Waals surface area contributed by atoms with Crippen molar-refractivity contribution in [2.45, 2.75) is 0 Å². The van der Waals surface area contributed by atoms with E-state index >= 15 is 0 Å². The topological polar surface area (TPSA) is 77.1 Å². The summed E-state index contributed by atoms with van der Waals surface area (Å²) in [6.45, 7) is 0. The molecule has 0 radical (unpaired) electrons. The molecule has 0 unspecified atom stereocenters. The van der Waals surface area contributed by atoms with E-state index in [-0.39, 0.29) is 4.84 Å². The molecule has 0 amide bonds. The van der Waals surface area contributed by atoms with Gasteiger partial charge in [0.1, 0.15) is 5.75 Å². The highest BCUT2D eigenvalue weighted by Gasteiger charge is 2.06. The molecule has 78 valence electrons. The molecule has 0 aliphatic rings. The molecule has 1 aromatic carbocycles. The summed E-state index contributed by atoms with van der Waals surface area (Å²) in [6, 6.07) is 5.26. The first-order valence-electron chi connectivity index (χ1n) is 4.20. The number of rotatable bonds is 2. The van der Waals surface area contributed by atoms with Gasteiger partial charge in [0.25, 0.3) is 4.84 Å². The van der Waals surface area contributed by atoms with Crippen molar-refractivity contribution in [1.29, 1.82) is 0 Å². The number of methoxy groups -OCH3 is 1. The summed E-state index contributed by atoms with van der Waals surface area (Å²) in [5.41, 5.74) is 7.02. The Balaban J connectivity index is 2.46. The van der Waals surface area contributed by atoms with E-state index < -0.39 is 0 Å². The fraction of sp³-hybridized carbons (Fsp3) is 0.111. The molecule has 0 atom stereocenters. The Kier molecular flexibility index (Phi) is 2.42. The van der Waals surface area contributed by atoms with E-state index in [2.05, 4.69) is 10.2 Å². The maximum absolute atomic E-state index is 5.75. The van der Waals surface area contributed by atoms with E-state index in [0.29, 0.717) is 17.3 Å². The highest BCUT2D eigenvalue weighted by Crippen LogP contribution is 2.26. The van der Waals surface area contributed by atoms with Crippen LogP contribution in [-0.2, 0) is 0 Å². The van der Waals surface area contributed by atoms with Gasteiger partial charge in [-0.3, -0.25) is 0 Å². The molecule has 0 aliphatic carbocycles. The Morgan fingerprint density at radius 3 is 2.87 bits per heavy atom. The van der Waals surface area contributed by atoms with Crippen LogP contribution >= 0.6 is 12.2 Å². The van der Waals surface area contributed by atoms with E-state index in [9.17, 15) is 0 Å². The van der Waals surface area contributed by atoms with Crippen LogP contribution in [0, 0.1) is 4.84 Å². The third kappa shape index (κ3) is 1.84. The number of nitrogens with one attached hydrogen (secondary N) is 1. The molecule has 1 aromatic heterocycles. The summed E-state index contributed by atoms with van der Waals surface area (Å²) in [6.07, 6.45) is 0. The number of benzene rings is 1. The maximum Gasteiger partial charge on any atom is 0.284 e. The van der Waals surface area contributed by atoms with Crippen molar-refractivity contribution in [1.82, 2.24) is 10.2 Å². The number of hydrogen-bond acceptors (Lipinski definition) is 5. The summed E-state index contributed by atoms with van der Waals surface area (Å²) in [5.74, 6) is 1.03. The molecule has 6 heteroatoms. The molecule has 0 saturated carbocycles. The molecule has 2 rings (SSSR count). The van der Waals surface area contributed by atoms with Gasteiger partial charge < -0.3 is 14.9 Å². The zero-order valence-corrected chi connectivity index (χ0v) is 8.80. The minimum absolute atomic E-state index is 0.236. The standard InChI is InChI=1S/C9H9N3O2S/c1-13-7-3-2-5(4-6(7)10)8-11-12-9(15)14-8/h2-4H,10H2,1H3,(H,12,15). The van der Waals surface area contributed by atoms with E-state index in [4.69, 9.17) is 27.1 Å². The number of ether oxygens (including phenoxy) is 1. The summed E-state index contributed by atoms with van der Waals surface area (Å²) in [4.78, 5) is 0.236. The van der Waals surface area contributed by atoms with Crippen LogP contribution < -0.4 is 10.5 Å². The lowest BCUT2D eigenvalue weighted by atomic mass is 10.2. The Morgan fingerprint density at radius 1 is 1.53 bits per heavy atom. The second kappa shape index (κ2) is 3.74. The Morgan fingerprint density at radius 2 is 2.33 bits per heavy atom. The summed E-state index contributed by atoms with van der Waals surface area (Å²) >= 11 is 4.77. The number of nitrogen functional groups attached to an aromatic ring is 1. The lowest BCUT2D eigenvalue weighted by Crippen LogP contribution is -1.92. The molecule has 3 N–H and O–H groups in total. The van der Waals surface area contributed by atoms with Crippen molar-refractivity contribution in [3.8, 4) is 17.2 Å². The van der Waals surface area contributed by atoms with Gasteiger partial charge in [0.15, 0.2) is 0 Å². The van der Waals surface area contributed by atoms with Gasteiger partial charge in [-0.15, -0.1) is 5.10 Å². The highest BCUT2D eigenvalue weighted by atomic mass is 32.1. The van der Waals surface area contributed by atoms with Crippen molar-refractivity contribution in [3.05, 3.63) is 23.0 Å². The quantitative estimate of drug-likeness (QED) is 0.601. The van der Waals surface area contributed by atoms with Gasteiger partial charge in [0.2, 0.25) is 5.89 Å². The molecule has 0 bridgehead atoms. The zero-order chi connectivity index (χ0) is 10.8. The number of H-pyrrole nitrogens is 1. The number of nitrogens with zero attached hydrogens (tertiary/aromatic N) is 1. The number of anilines is 1. The van der Waals surface area contributed by atoms with Gasteiger partial charge in [-0.05, 0) is 30.4 Å². The van der Waals surface area contributed by atoms with Gasteiger partial charge in [0, 0.05) is 5.56 Å². The third-order valence-corrected chi connectivity index (χ3v) is 2.09. The molecular formula is C9H9N3O2S. The Hall–Kier alpha value is -1.82. The second-order valence-corrected chi connectivity index (χ2v) is 3.25. The summed E-state index contributed by atoms with van der Waals surface area (Å²) in [7, 11) is 1.56. The molecule has 1 heterocycles. The van der Waals surface area contributed by atoms with Crippen molar-refractivity contribution < 1.29 is 9.15 Å². The van der Waals surface area contributed by atoms with Crippen molar-refractivity contribution in [2.24, 2.45) is 0 Å². The zero-order valence-electron chi connectivity index (χ0n) is 7.98. The third-order valence-electron chi connectivity index (χ3n) is 1.91. The molecule has 15 heavy (non-hydrogen) atoms. The summed E-state index contributed by atoms with van der Waals surface area (Å²) < 4.78 is 10.2. The lowest BCUT2D eigenvalue weighted by Gasteiger charge is -2.04. The first kappa shape index (κ1) is 9.72. The molecule has 0 saturated heterocycles. The van der Waals surface area contributed by atoms with Crippen LogP contribution in [0.4, 0.5) is 5.69 Å². The number of nitrogens with two attached hydrogens (primary N) is 1. The fourth-order valence-corrected chi connectivity index (χ4v) is 1.35. The number of aromatic nitrogens is 2. The van der Waals surface area contributed by atoms with E-state index in [1.807, 2.05) is 0 Å². The second-order valence-electron chi connectivity index (χ2n) is 2.88. The molecule has 2 aromatic rings. The van der Waals surface area contributed by atoms with Gasteiger partial charge in [-0.1, -0.05) is 0 Å². The minimum Gasteiger partial charge on any atom is -0.495 e. The van der Waals surface area contributed by atoms with Gasteiger partial charge in [0.05, 0.1) is 12.8 Å². The summed E-state index contributed by atoms with van der Waals surface area (Å²) in [5, 5.41) is 6.43. The monoisotopic (exact) mass is 223 g/mol. The van der Waals surface area contributed by atoms with Crippen molar-refractivity contribution >= 4 is 17.9 Å². The SMILES string of the molecule is COc1ccc(-c2n[nH]c(=S)o2)cc1N. The van der Waals surface area contributed by atoms with Crippen LogP contribution in [0.2, 0.25) is 0 Å². The fourth-order valence-electron chi connectivity index (χ4n) is 1.22. The maximum atomic E-state index is 5.75. The number of aromatic amines is 1. The number of hydrogen-bond donors (Lipinski definition) is 2. The predicted octanol–water partition coefficient (Wildman–Crippen LogP) is 1.99.